The summed E-state index contributed by atoms with van der Waals surface area (Å²) in [5.41, 5.74) is 1.16. The van der Waals surface area contributed by atoms with E-state index in [0.29, 0.717) is 6.61 Å². The van der Waals surface area contributed by atoms with E-state index in [0.717, 1.165) is 34.5 Å². The average molecular weight is 278 g/mol. The minimum atomic E-state index is 0.694. The Balaban J connectivity index is 2.74. The molecule has 1 aromatic carbocycles. The molecule has 0 fully saturated rings. The molecule has 0 amide bonds. The highest BCUT2D eigenvalue weighted by molar-refractivity contribution is 9.09. The summed E-state index contributed by atoms with van der Waals surface area (Å²) in [6.45, 7) is 2.67. The van der Waals surface area contributed by atoms with Crippen LogP contribution in [0.2, 0.25) is 5.02 Å². The van der Waals surface area contributed by atoms with Crippen LogP contribution in [0.5, 0.6) is 5.75 Å². The Bertz CT molecular complexity index is 289. The molecule has 14 heavy (non-hydrogen) atoms. The first-order valence-corrected chi connectivity index (χ1v) is 6.25. The second-order valence-electron chi connectivity index (χ2n) is 2.98. The van der Waals surface area contributed by atoms with Crippen molar-refractivity contribution in [1.29, 1.82) is 0 Å². The van der Waals surface area contributed by atoms with E-state index in [-0.39, 0.29) is 0 Å². The predicted molar refractivity (Wildman–Crippen MR) is 64.7 cm³/mol. The number of aryl methyl sites for hydroxylation is 1. The summed E-state index contributed by atoms with van der Waals surface area (Å²) in [6.07, 6.45) is 2.08. The number of hydrogen-bond donors (Lipinski definition) is 0. The van der Waals surface area contributed by atoms with Gasteiger partial charge >= 0.3 is 0 Å². The topological polar surface area (TPSA) is 9.23 Å². The molecular formula is C11H14BrClO. The molecule has 0 aliphatic rings. The van der Waals surface area contributed by atoms with E-state index in [9.17, 15) is 0 Å². The molecule has 0 N–H and O–H groups in total. The highest BCUT2D eigenvalue weighted by atomic mass is 79.9. The Hall–Kier alpha value is -0.210. The van der Waals surface area contributed by atoms with Crippen molar-refractivity contribution in [2.45, 2.75) is 19.8 Å². The lowest BCUT2D eigenvalue weighted by atomic mass is 10.1. The number of halogens is 2. The van der Waals surface area contributed by atoms with Gasteiger partial charge in [-0.3, -0.25) is 0 Å². The van der Waals surface area contributed by atoms with Gasteiger partial charge in [0.1, 0.15) is 5.75 Å². The molecule has 0 unspecified atom stereocenters. The number of benzene rings is 1. The fraction of sp³-hybridized carbons (Fsp3) is 0.455. The van der Waals surface area contributed by atoms with E-state index in [1.807, 2.05) is 25.1 Å². The van der Waals surface area contributed by atoms with E-state index in [1.54, 1.807) is 0 Å². The average Bonchev–Trinajstić information content (AvgIpc) is 2.19. The van der Waals surface area contributed by atoms with Gasteiger partial charge in [0.15, 0.2) is 0 Å². The van der Waals surface area contributed by atoms with Crippen LogP contribution in [0, 0.1) is 0 Å². The molecule has 0 aromatic heterocycles. The first-order chi connectivity index (χ1) is 6.77. The van der Waals surface area contributed by atoms with Crippen LogP contribution >= 0.6 is 27.5 Å². The Morgan fingerprint density at radius 2 is 2.21 bits per heavy atom. The lowest BCUT2D eigenvalue weighted by molar-refractivity contribution is 0.340. The van der Waals surface area contributed by atoms with Gasteiger partial charge in [0.05, 0.1) is 6.61 Å². The Kier molecular flexibility index (Phi) is 5.34. The second kappa shape index (κ2) is 6.31. The summed E-state index contributed by atoms with van der Waals surface area (Å²) in [5.74, 6) is 0.904. The van der Waals surface area contributed by atoms with Gasteiger partial charge < -0.3 is 4.74 Å². The third-order valence-electron chi connectivity index (χ3n) is 1.91. The molecule has 0 saturated carbocycles. The van der Waals surface area contributed by atoms with Crippen molar-refractivity contribution in [3.63, 3.8) is 0 Å². The standard InChI is InChI=1S/C11H14BrClO/c1-2-14-10-5-6-11(13)9(8-10)4-3-7-12/h5-6,8H,2-4,7H2,1H3. The zero-order chi connectivity index (χ0) is 10.4. The molecule has 0 bridgehead atoms. The molecule has 0 spiro atoms. The zero-order valence-electron chi connectivity index (χ0n) is 8.22. The van der Waals surface area contributed by atoms with Gasteiger partial charge in [-0.05, 0) is 43.5 Å². The van der Waals surface area contributed by atoms with Crippen LogP contribution in [0.15, 0.2) is 18.2 Å². The maximum Gasteiger partial charge on any atom is 0.119 e. The van der Waals surface area contributed by atoms with E-state index in [4.69, 9.17) is 16.3 Å². The number of hydrogen-bond acceptors (Lipinski definition) is 1. The van der Waals surface area contributed by atoms with Crippen LogP contribution < -0.4 is 4.74 Å². The molecule has 3 heteroatoms. The van der Waals surface area contributed by atoms with Gasteiger partial charge in [-0.2, -0.15) is 0 Å². The van der Waals surface area contributed by atoms with E-state index in [1.165, 1.54) is 0 Å². The van der Waals surface area contributed by atoms with Crippen molar-refractivity contribution in [3.05, 3.63) is 28.8 Å². The summed E-state index contributed by atoms with van der Waals surface area (Å²) in [7, 11) is 0. The molecule has 0 heterocycles. The quantitative estimate of drug-likeness (QED) is 0.737. The van der Waals surface area contributed by atoms with Crippen LogP contribution in [0.3, 0.4) is 0 Å². The fourth-order valence-corrected chi connectivity index (χ4v) is 1.75. The Morgan fingerprint density at radius 3 is 2.86 bits per heavy atom. The second-order valence-corrected chi connectivity index (χ2v) is 4.18. The molecule has 1 rings (SSSR count). The zero-order valence-corrected chi connectivity index (χ0v) is 10.6. The molecule has 0 aliphatic carbocycles. The summed E-state index contributed by atoms with van der Waals surface area (Å²) >= 11 is 9.47. The van der Waals surface area contributed by atoms with Crippen LogP contribution in [0.25, 0.3) is 0 Å². The Labute approximate surface area is 98.5 Å². The highest BCUT2D eigenvalue weighted by Gasteiger charge is 2.02. The van der Waals surface area contributed by atoms with Crippen molar-refractivity contribution in [3.8, 4) is 5.75 Å². The van der Waals surface area contributed by atoms with Crippen LogP contribution in [0.4, 0.5) is 0 Å². The number of alkyl halides is 1. The minimum absolute atomic E-state index is 0.694. The van der Waals surface area contributed by atoms with Gasteiger partial charge in [-0.1, -0.05) is 27.5 Å². The van der Waals surface area contributed by atoms with Gasteiger partial charge in [-0.25, -0.2) is 0 Å². The van der Waals surface area contributed by atoms with Crippen molar-refractivity contribution in [2.24, 2.45) is 0 Å². The third kappa shape index (κ3) is 3.50. The van der Waals surface area contributed by atoms with Crippen molar-refractivity contribution >= 4 is 27.5 Å². The SMILES string of the molecule is CCOc1ccc(Cl)c(CCCBr)c1. The first-order valence-electron chi connectivity index (χ1n) is 4.75. The smallest absolute Gasteiger partial charge is 0.119 e. The van der Waals surface area contributed by atoms with E-state index in [2.05, 4.69) is 15.9 Å². The molecule has 1 aromatic rings. The van der Waals surface area contributed by atoms with Crippen molar-refractivity contribution in [2.75, 3.05) is 11.9 Å². The van der Waals surface area contributed by atoms with Crippen molar-refractivity contribution < 1.29 is 4.74 Å². The van der Waals surface area contributed by atoms with Crippen molar-refractivity contribution in [1.82, 2.24) is 0 Å². The van der Waals surface area contributed by atoms with Crippen LogP contribution in [0.1, 0.15) is 18.9 Å². The number of ether oxygens (including phenoxy) is 1. The minimum Gasteiger partial charge on any atom is -0.494 e. The van der Waals surface area contributed by atoms with Crippen LogP contribution in [-0.4, -0.2) is 11.9 Å². The van der Waals surface area contributed by atoms with Gasteiger partial charge in [-0.15, -0.1) is 0 Å². The fourth-order valence-electron chi connectivity index (χ4n) is 1.26. The molecule has 78 valence electrons. The van der Waals surface area contributed by atoms with Gasteiger partial charge in [0.2, 0.25) is 0 Å². The number of rotatable bonds is 5. The summed E-state index contributed by atoms with van der Waals surface area (Å²) in [6, 6.07) is 5.83. The molecular weight excluding hydrogens is 263 g/mol. The summed E-state index contributed by atoms with van der Waals surface area (Å²) < 4.78 is 5.41. The monoisotopic (exact) mass is 276 g/mol. The Morgan fingerprint density at radius 1 is 1.43 bits per heavy atom. The molecule has 1 nitrogen and oxygen atoms in total. The predicted octanol–water partition coefficient (Wildman–Crippen LogP) is 4.07. The lowest BCUT2D eigenvalue weighted by Gasteiger charge is -2.07. The first kappa shape index (κ1) is 11.9. The molecule has 0 atom stereocenters. The lowest BCUT2D eigenvalue weighted by Crippen LogP contribution is -1.94. The maximum absolute atomic E-state index is 6.06. The highest BCUT2D eigenvalue weighted by Crippen LogP contribution is 2.23. The van der Waals surface area contributed by atoms with Gasteiger partial charge in [0.25, 0.3) is 0 Å². The van der Waals surface area contributed by atoms with E-state index >= 15 is 0 Å². The maximum atomic E-state index is 6.06. The van der Waals surface area contributed by atoms with Gasteiger partial charge in [0, 0.05) is 10.4 Å². The third-order valence-corrected chi connectivity index (χ3v) is 2.84. The normalized spacial score (nSPS) is 10.2. The molecule has 0 saturated heterocycles. The molecule has 0 radical (unpaired) electrons. The molecule has 0 aliphatic heterocycles. The van der Waals surface area contributed by atoms with Crippen LogP contribution in [-0.2, 0) is 6.42 Å². The summed E-state index contributed by atoms with van der Waals surface area (Å²) in [4.78, 5) is 0. The largest absolute Gasteiger partial charge is 0.494 e. The van der Waals surface area contributed by atoms with E-state index < -0.39 is 0 Å². The summed E-state index contributed by atoms with van der Waals surface area (Å²) in [5, 5.41) is 1.83.